The van der Waals surface area contributed by atoms with Crippen LogP contribution >= 0.6 is 0 Å². The van der Waals surface area contributed by atoms with E-state index in [-0.39, 0.29) is 0 Å². The van der Waals surface area contributed by atoms with Crippen LogP contribution in [0.25, 0.3) is 0 Å². The van der Waals surface area contributed by atoms with Crippen molar-refractivity contribution in [2.24, 2.45) is 0 Å². The number of aryl methyl sites for hydroxylation is 1. The molecule has 0 saturated heterocycles. The maximum Gasteiger partial charge on any atom is 0.0959 e. The van der Waals surface area contributed by atoms with Crippen LogP contribution in [0.1, 0.15) is 57.0 Å². The quantitative estimate of drug-likeness (QED) is 0.776. The van der Waals surface area contributed by atoms with Crippen molar-refractivity contribution in [1.82, 2.24) is 4.98 Å². The minimum atomic E-state index is -0.392. The molecule has 0 saturated carbocycles. The Morgan fingerprint density at radius 1 is 1.27 bits per heavy atom. The normalized spacial score (nSPS) is 12.7. The Kier molecular flexibility index (Phi) is 5.33. The second-order valence-corrected chi connectivity index (χ2v) is 3.96. The van der Waals surface area contributed by atoms with Gasteiger partial charge in [0.25, 0.3) is 0 Å². The Labute approximate surface area is 92.4 Å². The molecule has 1 rings (SSSR count). The molecule has 2 heteroatoms. The molecule has 1 atom stereocenters. The molecule has 15 heavy (non-hydrogen) atoms. The molecular weight excluding hydrogens is 186 g/mol. The van der Waals surface area contributed by atoms with Gasteiger partial charge in [0.1, 0.15) is 0 Å². The van der Waals surface area contributed by atoms with E-state index in [9.17, 15) is 5.11 Å². The van der Waals surface area contributed by atoms with Crippen molar-refractivity contribution in [2.75, 3.05) is 0 Å². The number of aliphatic hydroxyl groups excluding tert-OH is 1. The lowest BCUT2D eigenvalue weighted by Gasteiger charge is -2.09. The molecular formula is C13H21NO. The lowest BCUT2D eigenvalue weighted by Crippen LogP contribution is -2.02. The Balaban J connectivity index is 2.64. The van der Waals surface area contributed by atoms with Gasteiger partial charge >= 0.3 is 0 Å². The van der Waals surface area contributed by atoms with E-state index in [2.05, 4.69) is 18.8 Å². The summed E-state index contributed by atoms with van der Waals surface area (Å²) in [5, 5.41) is 9.81. The van der Waals surface area contributed by atoms with Crippen LogP contribution in [0.2, 0.25) is 0 Å². The highest BCUT2D eigenvalue weighted by molar-refractivity contribution is 5.13. The van der Waals surface area contributed by atoms with E-state index >= 15 is 0 Å². The summed E-state index contributed by atoms with van der Waals surface area (Å²) in [5.41, 5.74) is 1.93. The highest BCUT2D eigenvalue weighted by Crippen LogP contribution is 2.16. The number of rotatable bonds is 6. The van der Waals surface area contributed by atoms with Gasteiger partial charge in [0, 0.05) is 5.69 Å². The zero-order valence-electron chi connectivity index (χ0n) is 9.74. The van der Waals surface area contributed by atoms with Crippen LogP contribution in [0, 0.1) is 0 Å². The van der Waals surface area contributed by atoms with Gasteiger partial charge in [0.15, 0.2) is 0 Å². The molecule has 0 bridgehead atoms. The number of nitrogens with zero attached hydrogens (tertiary/aromatic N) is 1. The zero-order chi connectivity index (χ0) is 11.1. The molecule has 0 aliphatic carbocycles. The third-order valence-corrected chi connectivity index (χ3v) is 2.52. The van der Waals surface area contributed by atoms with E-state index in [4.69, 9.17) is 0 Å². The predicted molar refractivity (Wildman–Crippen MR) is 62.7 cm³/mol. The Bertz CT molecular complexity index is 286. The van der Waals surface area contributed by atoms with Gasteiger partial charge < -0.3 is 5.11 Å². The first kappa shape index (κ1) is 12.2. The van der Waals surface area contributed by atoms with Crippen LogP contribution < -0.4 is 0 Å². The molecule has 1 aromatic rings. The van der Waals surface area contributed by atoms with Crippen molar-refractivity contribution in [3.8, 4) is 0 Å². The third-order valence-electron chi connectivity index (χ3n) is 2.52. The Morgan fingerprint density at radius 3 is 2.73 bits per heavy atom. The fourth-order valence-electron chi connectivity index (χ4n) is 1.60. The van der Waals surface area contributed by atoms with E-state index in [0.29, 0.717) is 0 Å². The van der Waals surface area contributed by atoms with Crippen molar-refractivity contribution in [1.29, 1.82) is 0 Å². The first-order chi connectivity index (χ1) is 7.27. The van der Waals surface area contributed by atoms with Gasteiger partial charge in [-0.25, -0.2) is 0 Å². The van der Waals surface area contributed by atoms with E-state index in [1.165, 1.54) is 12.8 Å². The number of hydrogen-bond acceptors (Lipinski definition) is 2. The lowest BCUT2D eigenvalue weighted by atomic mass is 10.1. The number of pyridine rings is 1. The van der Waals surface area contributed by atoms with Gasteiger partial charge in [0.2, 0.25) is 0 Å². The lowest BCUT2D eigenvalue weighted by molar-refractivity contribution is 0.161. The highest BCUT2D eigenvalue weighted by atomic mass is 16.3. The van der Waals surface area contributed by atoms with Crippen LogP contribution in [-0.2, 0) is 6.42 Å². The Morgan fingerprint density at radius 2 is 2.07 bits per heavy atom. The number of aliphatic hydroxyl groups is 1. The van der Waals surface area contributed by atoms with Crippen LogP contribution in [0.4, 0.5) is 0 Å². The minimum absolute atomic E-state index is 0.392. The van der Waals surface area contributed by atoms with Crippen molar-refractivity contribution in [2.45, 2.75) is 52.1 Å². The molecule has 0 spiro atoms. The summed E-state index contributed by atoms with van der Waals surface area (Å²) in [4.78, 5) is 4.48. The molecule has 0 radical (unpaired) electrons. The van der Waals surface area contributed by atoms with Crippen LogP contribution in [0.3, 0.4) is 0 Å². The molecule has 0 aliphatic heterocycles. The van der Waals surface area contributed by atoms with E-state index in [1.54, 1.807) is 0 Å². The van der Waals surface area contributed by atoms with Crippen LogP contribution in [-0.4, -0.2) is 10.1 Å². The molecule has 2 nitrogen and oxygen atoms in total. The van der Waals surface area contributed by atoms with Crippen molar-refractivity contribution >= 4 is 0 Å². The fraction of sp³-hybridized carbons (Fsp3) is 0.615. The maximum absolute atomic E-state index is 9.81. The monoisotopic (exact) mass is 207 g/mol. The first-order valence-corrected chi connectivity index (χ1v) is 5.91. The molecule has 0 amide bonds. The first-order valence-electron chi connectivity index (χ1n) is 5.91. The summed E-state index contributed by atoms with van der Waals surface area (Å²) in [5.74, 6) is 0. The molecule has 84 valence electrons. The van der Waals surface area contributed by atoms with Crippen LogP contribution in [0.5, 0.6) is 0 Å². The summed E-state index contributed by atoms with van der Waals surface area (Å²) in [7, 11) is 0. The second-order valence-electron chi connectivity index (χ2n) is 3.96. The SMILES string of the molecule is CCCCc1cccc(C(O)CCC)n1. The van der Waals surface area contributed by atoms with Gasteiger partial charge in [0.05, 0.1) is 11.8 Å². The molecule has 0 aromatic carbocycles. The van der Waals surface area contributed by atoms with Gasteiger partial charge in [-0.15, -0.1) is 0 Å². The average Bonchev–Trinajstić information content (AvgIpc) is 2.27. The van der Waals surface area contributed by atoms with Crippen LogP contribution in [0.15, 0.2) is 18.2 Å². The van der Waals surface area contributed by atoms with E-state index in [0.717, 1.165) is 30.7 Å². The van der Waals surface area contributed by atoms with Crippen molar-refractivity contribution in [3.63, 3.8) is 0 Å². The Hall–Kier alpha value is -0.890. The number of hydrogen-bond donors (Lipinski definition) is 1. The average molecular weight is 207 g/mol. The maximum atomic E-state index is 9.81. The summed E-state index contributed by atoms with van der Waals surface area (Å²) in [6, 6.07) is 5.94. The predicted octanol–water partition coefficient (Wildman–Crippen LogP) is 3.26. The van der Waals surface area contributed by atoms with Gasteiger partial charge in [-0.05, 0) is 31.4 Å². The van der Waals surface area contributed by atoms with Gasteiger partial charge in [-0.1, -0.05) is 32.8 Å². The second kappa shape index (κ2) is 6.57. The fourth-order valence-corrected chi connectivity index (χ4v) is 1.60. The summed E-state index contributed by atoms with van der Waals surface area (Å²) < 4.78 is 0. The largest absolute Gasteiger partial charge is 0.387 e. The molecule has 1 N–H and O–H groups in total. The van der Waals surface area contributed by atoms with Gasteiger partial charge in [-0.3, -0.25) is 4.98 Å². The smallest absolute Gasteiger partial charge is 0.0959 e. The van der Waals surface area contributed by atoms with E-state index < -0.39 is 6.10 Å². The molecule has 0 fully saturated rings. The van der Waals surface area contributed by atoms with Crippen molar-refractivity contribution in [3.05, 3.63) is 29.6 Å². The standard InChI is InChI=1S/C13H21NO/c1-3-5-8-11-9-6-10-12(14-11)13(15)7-4-2/h6,9-10,13,15H,3-5,7-8H2,1-2H3. The zero-order valence-corrected chi connectivity index (χ0v) is 9.74. The van der Waals surface area contributed by atoms with E-state index in [1.807, 2.05) is 18.2 Å². The summed E-state index contributed by atoms with van der Waals surface area (Å²) in [6.07, 6.45) is 4.76. The minimum Gasteiger partial charge on any atom is -0.387 e. The molecule has 0 aliphatic rings. The number of unbranched alkanes of at least 4 members (excludes halogenated alkanes) is 1. The summed E-state index contributed by atoms with van der Waals surface area (Å²) in [6.45, 7) is 4.25. The molecule has 1 heterocycles. The highest BCUT2D eigenvalue weighted by Gasteiger charge is 2.07. The molecule has 1 aromatic heterocycles. The van der Waals surface area contributed by atoms with Gasteiger partial charge in [-0.2, -0.15) is 0 Å². The summed E-state index contributed by atoms with van der Waals surface area (Å²) >= 11 is 0. The number of aromatic nitrogens is 1. The topological polar surface area (TPSA) is 33.1 Å². The third kappa shape index (κ3) is 4.00. The van der Waals surface area contributed by atoms with Crippen molar-refractivity contribution < 1.29 is 5.11 Å². The molecule has 1 unspecified atom stereocenters.